The molecule has 0 amide bonds. The molecule has 0 unspecified atom stereocenters. The van der Waals surface area contributed by atoms with Crippen LogP contribution in [-0.4, -0.2) is 14.0 Å². The summed E-state index contributed by atoms with van der Waals surface area (Å²) in [7, 11) is 0. The molecule has 0 bridgehead atoms. The van der Waals surface area contributed by atoms with Crippen molar-refractivity contribution in [3.05, 3.63) is 48.5 Å². The molecule has 0 spiro atoms. The molecule has 2 aliphatic heterocycles. The molecule has 4 N–H and O–H groups in total. The fraction of sp³-hybridized carbons (Fsp3) is 0.286. The molecular formula is C28H30B2N4. The Kier molecular flexibility index (Phi) is 4.52. The molecule has 0 aliphatic carbocycles. The van der Waals surface area contributed by atoms with E-state index in [1.165, 1.54) is 91.5 Å². The summed E-state index contributed by atoms with van der Waals surface area (Å²) in [5.74, 6) is 0. The number of rotatable bonds is 6. The third kappa shape index (κ3) is 2.81. The fourth-order valence-electron chi connectivity index (χ4n) is 6.30. The first-order valence-electron chi connectivity index (χ1n) is 13.0. The van der Waals surface area contributed by atoms with E-state index in [9.17, 15) is 0 Å². The van der Waals surface area contributed by atoms with Gasteiger partial charge in [-0.2, -0.15) is 0 Å². The molecule has 0 atom stereocenters. The minimum absolute atomic E-state index is 0.298. The van der Waals surface area contributed by atoms with Crippen LogP contribution in [0.4, 0.5) is 22.7 Å². The van der Waals surface area contributed by atoms with E-state index in [2.05, 4.69) is 83.3 Å². The van der Waals surface area contributed by atoms with Crippen molar-refractivity contribution in [1.29, 1.82) is 0 Å². The van der Waals surface area contributed by atoms with E-state index in [1.54, 1.807) is 0 Å². The van der Waals surface area contributed by atoms with Gasteiger partial charge in [0.05, 0.1) is 0 Å². The van der Waals surface area contributed by atoms with E-state index in [0.717, 1.165) is 12.6 Å². The van der Waals surface area contributed by atoms with Crippen LogP contribution >= 0.6 is 0 Å². The molecule has 5 aromatic carbocycles. The molecule has 2 aliphatic rings. The monoisotopic (exact) mass is 444 g/mol. The molecule has 4 nitrogen and oxygen atoms in total. The molecule has 0 aromatic heterocycles. The third-order valence-electron chi connectivity index (χ3n) is 7.91. The second-order valence-corrected chi connectivity index (χ2v) is 10.1. The minimum atomic E-state index is 0.298. The molecular weight excluding hydrogens is 414 g/mol. The van der Waals surface area contributed by atoms with Crippen molar-refractivity contribution in [2.24, 2.45) is 0 Å². The number of nitrogens with one attached hydrogen (secondary N) is 4. The van der Waals surface area contributed by atoms with Crippen molar-refractivity contribution in [1.82, 2.24) is 0 Å². The summed E-state index contributed by atoms with van der Waals surface area (Å²) in [4.78, 5) is 0. The van der Waals surface area contributed by atoms with Gasteiger partial charge in [-0.05, 0) is 58.5 Å². The smallest absolute Gasteiger partial charge is 0.370 e. The second kappa shape index (κ2) is 7.62. The van der Waals surface area contributed by atoms with E-state index < -0.39 is 0 Å². The van der Waals surface area contributed by atoms with E-state index in [4.69, 9.17) is 0 Å². The molecule has 0 saturated carbocycles. The maximum atomic E-state index is 3.77. The lowest BCUT2D eigenvalue weighted by Crippen LogP contribution is -2.37. The van der Waals surface area contributed by atoms with E-state index >= 15 is 0 Å². The van der Waals surface area contributed by atoms with Crippen molar-refractivity contribution in [2.45, 2.75) is 52.2 Å². The van der Waals surface area contributed by atoms with E-state index in [0.29, 0.717) is 14.0 Å². The molecule has 0 saturated heterocycles. The predicted octanol–water partition coefficient (Wildman–Crippen LogP) is 7.99. The zero-order valence-electron chi connectivity index (χ0n) is 20.0. The maximum absolute atomic E-state index is 3.77. The summed E-state index contributed by atoms with van der Waals surface area (Å²) in [6.07, 6.45) is 7.14. The molecule has 5 aromatic rings. The van der Waals surface area contributed by atoms with Gasteiger partial charge in [0.2, 0.25) is 0 Å². The number of hydrogen-bond acceptors (Lipinski definition) is 4. The lowest BCUT2D eigenvalue weighted by atomic mass is 9.68. The Morgan fingerprint density at radius 1 is 0.471 bits per heavy atom. The van der Waals surface area contributed by atoms with Gasteiger partial charge in [-0.3, -0.25) is 0 Å². The van der Waals surface area contributed by atoms with Crippen molar-refractivity contribution in [3.8, 4) is 0 Å². The van der Waals surface area contributed by atoms with Crippen molar-refractivity contribution < 1.29 is 0 Å². The molecule has 6 heteroatoms. The highest BCUT2D eigenvalue weighted by Gasteiger charge is 2.28. The van der Waals surface area contributed by atoms with Crippen molar-refractivity contribution >= 4 is 79.8 Å². The summed E-state index contributed by atoms with van der Waals surface area (Å²) in [6.45, 7) is 5.11. The standard InChI is InChI=1S/C28H30B2N4/c1-3-5-15-29-31-21-11-7-17-19-9-13-23-28-24(34-30(33-23)16-6-4-2)14-10-20(26(19)28)18-8-12-22(32-29)27(21)25(17)18/h7-14,31-34H,3-6,15-16H2,1-2H3. The SMILES string of the molecule is CCCCB1Nc2ccc3c4ccc5c6c(ccc(c7ccc(c2c37)N1)c64)NB(CCCC)N5. The Bertz CT molecular complexity index is 1350. The average Bonchev–Trinajstić information content (AvgIpc) is 2.87. The lowest BCUT2D eigenvalue weighted by Gasteiger charge is -2.30. The highest BCUT2D eigenvalue weighted by Crippen LogP contribution is 2.49. The largest absolute Gasteiger partial charge is 0.409 e. The van der Waals surface area contributed by atoms with Gasteiger partial charge in [-0.25, -0.2) is 0 Å². The van der Waals surface area contributed by atoms with Crippen LogP contribution in [0.2, 0.25) is 12.6 Å². The summed E-state index contributed by atoms with van der Waals surface area (Å²) in [6, 6.07) is 18.5. The first kappa shape index (κ1) is 20.1. The van der Waals surface area contributed by atoms with Crippen LogP contribution in [-0.2, 0) is 0 Å². The molecule has 168 valence electrons. The zero-order chi connectivity index (χ0) is 22.8. The predicted molar refractivity (Wildman–Crippen MR) is 153 cm³/mol. The Balaban J connectivity index is 1.46. The minimum Gasteiger partial charge on any atom is -0.409 e. The fourth-order valence-corrected chi connectivity index (χ4v) is 6.30. The van der Waals surface area contributed by atoms with Crippen LogP contribution in [0, 0.1) is 0 Å². The average molecular weight is 444 g/mol. The molecule has 34 heavy (non-hydrogen) atoms. The third-order valence-corrected chi connectivity index (χ3v) is 7.91. The first-order chi connectivity index (χ1) is 16.8. The van der Waals surface area contributed by atoms with Gasteiger partial charge in [-0.15, -0.1) is 0 Å². The van der Waals surface area contributed by atoms with Crippen LogP contribution in [0.5, 0.6) is 0 Å². The highest BCUT2D eigenvalue weighted by atomic mass is 15.0. The molecule has 7 rings (SSSR count). The maximum Gasteiger partial charge on any atom is 0.370 e. The summed E-state index contributed by atoms with van der Waals surface area (Å²) in [5.41, 5.74) is 5.02. The first-order valence-corrected chi connectivity index (χ1v) is 13.0. The van der Waals surface area contributed by atoms with Gasteiger partial charge in [-0.1, -0.05) is 63.8 Å². The van der Waals surface area contributed by atoms with Gasteiger partial charge >= 0.3 is 14.0 Å². The van der Waals surface area contributed by atoms with Gasteiger partial charge < -0.3 is 20.9 Å². The number of hydrogen-bond donors (Lipinski definition) is 4. The molecule has 2 heterocycles. The number of fused-ring (bicyclic) bond motifs is 2. The number of anilines is 4. The van der Waals surface area contributed by atoms with Crippen molar-refractivity contribution in [3.63, 3.8) is 0 Å². The summed E-state index contributed by atoms with van der Waals surface area (Å²) >= 11 is 0. The van der Waals surface area contributed by atoms with Crippen LogP contribution in [0.3, 0.4) is 0 Å². The Morgan fingerprint density at radius 3 is 1.09 bits per heavy atom. The van der Waals surface area contributed by atoms with E-state index in [1.807, 2.05) is 0 Å². The Labute approximate surface area is 201 Å². The normalized spacial score (nSPS) is 14.5. The highest BCUT2D eigenvalue weighted by molar-refractivity contribution is 6.69. The summed E-state index contributed by atoms with van der Waals surface area (Å²) in [5, 5.41) is 25.9. The van der Waals surface area contributed by atoms with Crippen LogP contribution in [0.15, 0.2) is 48.5 Å². The van der Waals surface area contributed by atoms with E-state index in [-0.39, 0.29) is 0 Å². The number of unbranched alkanes of at least 4 members (excludes halogenated alkanes) is 2. The second-order valence-electron chi connectivity index (χ2n) is 10.1. The van der Waals surface area contributed by atoms with Gasteiger partial charge in [0.15, 0.2) is 0 Å². The van der Waals surface area contributed by atoms with Gasteiger partial charge in [0.25, 0.3) is 0 Å². The quantitative estimate of drug-likeness (QED) is 0.122. The molecule has 0 radical (unpaired) electrons. The van der Waals surface area contributed by atoms with Crippen LogP contribution in [0.25, 0.3) is 43.1 Å². The van der Waals surface area contributed by atoms with Gasteiger partial charge in [0, 0.05) is 44.3 Å². The van der Waals surface area contributed by atoms with Crippen LogP contribution in [0.1, 0.15) is 39.5 Å². The topological polar surface area (TPSA) is 48.1 Å². The molecule has 0 fully saturated rings. The number of benzene rings is 5. The Morgan fingerprint density at radius 2 is 0.794 bits per heavy atom. The zero-order valence-corrected chi connectivity index (χ0v) is 20.0. The van der Waals surface area contributed by atoms with Crippen LogP contribution < -0.4 is 20.9 Å². The summed E-state index contributed by atoms with van der Waals surface area (Å²) < 4.78 is 0. The van der Waals surface area contributed by atoms with Gasteiger partial charge in [0.1, 0.15) is 0 Å². The Hall–Kier alpha value is -3.27. The lowest BCUT2D eigenvalue weighted by molar-refractivity contribution is 0.874. The van der Waals surface area contributed by atoms with Crippen molar-refractivity contribution in [2.75, 3.05) is 20.9 Å².